The molecule has 2 bridgehead atoms. The van der Waals surface area contributed by atoms with Crippen LogP contribution < -0.4 is 9.77 Å². The Kier molecular flexibility index (Phi) is 4.58. The Morgan fingerprint density at radius 3 is 2.42 bits per heavy atom. The van der Waals surface area contributed by atoms with Crippen molar-refractivity contribution in [3.8, 4) is 0 Å². The summed E-state index contributed by atoms with van der Waals surface area (Å²) in [5.41, 5.74) is 2.19. The van der Waals surface area contributed by atoms with Crippen LogP contribution in [0.15, 0.2) is 34.1 Å². The van der Waals surface area contributed by atoms with Gasteiger partial charge in [-0.1, -0.05) is 23.5 Å². The van der Waals surface area contributed by atoms with Crippen molar-refractivity contribution in [2.45, 2.75) is 22.6 Å². The molecule has 2 aromatic rings. The predicted octanol–water partition coefficient (Wildman–Crippen LogP) is 2.06. The first-order chi connectivity index (χ1) is 15.8. The lowest BCUT2D eigenvalue weighted by Gasteiger charge is -2.43. The molecule has 2 amide bonds. The Balaban J connectivity index is 1.43. The van der Waals surface area contributed by atoms with Gasteiger partial charge in [0.2, 0.25) is 11.8 Å². The lowest BCUT2D eigenvalue weighted by Crippen LogP contribution is -2.42. The van der Waals surface area contributed by atoms with Crippen molar-refractivity contribution < 1.29 is 19.5 Å². The standard InChI is InChI=1S/C23H23N3O5S2/c1-25(2)10-5-3-9(4-6-10)14-15-11-7-12(18(15)32-20-19(14)33-23(31)24-20)17-16(11)21(29)26(22(17)30)8-13(27)28/h3-6,11-12,14-18H,7-8H2,1-2H3,(H,24,31)(H,27,28)/t11-,12+,14-,15+,16+,17+,18-/m1/s1. The summed E-state index contributed by atoms with van der Waals surface area (Å²) < 4.78 is 0. The van der Waals surface area contributed by atoms with Gasteiger partial charge in [-0.15, -0.1) is 11.8 Å². The van der Waals surface area contributed by atoms with Gasteiger partial charge in [0.1, 0.15) is 6.54 Å². The van der Waals surface area contributed by atoms with Crippen LogP contribution >= 0.6 is 23.1 Å². The van der Waals surface area contributed by atoms with E-state index in [1.54, 1.807) is 11.8 Å². The van der Waals surface area contributed by atoms with Crippen molar-refractivity contribution in [3.63, 3.8) is 0 Å². The zero-order valence-corrected chi connectivity index (χ0v) is 19.7. The summed E-state index contributed by atoms with van der Waals surface area (Å²) in [7, 11) is 3.97. The van der Waals surface area contributed by atoms with E-state index in [0.717, 1.165) is 32.5 Å². The predicted molar refractivity (Wildman–Crippen MR) is 124 cm³/mol. The van der Waals surface area contributed by atoms with E-state index in [1.807, 2.05) is 19.0 Å². The number of anilines is 1. The lowest BCUT2D eigenvalue weighted by atomic mass is 9.68. The highest BCUT2D eigenvalue weighted by molar-refractivity contribution is 8.00. The highest BCUT2D eigenvalue weighted by Crippen LogP contribution is 2.68. The van der Waals surface area contributed by atoms with Crippen molar-refractivity contribution >= 4 is 46.6 Å². The zero-order valence-electron chi connectivity index (χ0n) is 18.1. The number of amides is 2. The summed E-state index contributed by atoms with van der Waals surface area (Å²) in [6.07, 6.45) is 0.793. The van der Waals surface area contributed by atoms with Crippen LogP contribution in [-0.2, 0) is 14.4 Å². The number of nitrogens with zero attached hydrogens (tertiary/aromatic N) is 2. The molecule has 3 heterocycles. The molecule has 0 radical (unpaired) electrons. The Labute approximate surface area is 198 Å². The van der Waals surface area contributed by atoms with E-state index >= 15 is 0 Å². The van der Waals surface area contributed by atoms with Gasteiger partial charge in [0.05, 0.1) is 16.9 Å². The van der Waals surface area contributed by atoms with Gasteiger partial charge in [0, 0.05) is 35.8 Å². The Hall–Kier alpha value is -2.59. The second-order valence-electron chi connectivity index (χ2n) is 9.60. The molecular formula is C23H23N3O5S2. The number of imide groups is 1. The first-order valence-electron chi connectivity index (χ1n) is 11.0. The third-order valence-electron chi connectivity index (χ3n) is 7.88. The summed E-state index contributed by atoms with van der Waals surface area (Å²) in [5, 5.41) is 10.2. The fraction of sp³-hybridized carbons (Fsp3) is 0.478. The molecule has 33 heavy (non-hydrogen) atoms. The number of benzene rings is 1. The van der Waals surface area contributed by atoms with Crippen molar-refractivity contribution in [1.82, 2.24) is 9.88 Å². The van der Waals surface area contributed by atoms with Gasteiger partial charge < -0.3 is 15.0 Å². The molecule has 8 nitrogen and oxygen atoms in total. The number of fused-ring (bicyclic) bond motifs is 9. The van der Waals surface area contributed by atoms with Crippen molar-refractivity contribution in [2.24, 2.45) is 29.6 Å². The fourth-order valence-corrected chi connectivity index (χ4v) is 9.61. The van der Waals surface area contributed by atoms with E-state index in [1.165, 1.54) is 11.3 Å². The first kappa shape index (κ1) is 21.0. The van der Waals surface area contributed by atoms with Crippen molar-refractivity contribution in [1.29, 1.82) is 0 Å². The maximum atomic E-state index is 13.2. The Morgan fingerprint density at radius 2 is 1.79 bits per heavy atom. The molecule has 1 saturated heterocycles. The van der Waals surface area contributed by atoms with Gasteiger partial charge in [0.25, 0.3) is 0 Å². The summed E-state index contributed by atoms with van der Waals surface area (Å²) in [5.74, 6) is -2.65. The summed E-state index contributed by atoms with van der Waals surface area (Å²) in [6, 6.07) is 8.33. The Bertz CT molecular complexity index is 1240. The fourth-order valence-electron chi connectivity index (χ4n) is 6.72. The molecule has 1 aromatic heterocycles. The average Bonchev–Trinajstić information content (AvgIpc) is 3.49. The molecule has 2 saturated carbocycles. The largest absolute Gasteiger partial charge is 0.480 e. The van der Waals surface area contributed by atoms with E-state index in [9.17, 15) is 24.3 Å². The number of carbonyl (C=O) groups is 3. The van der Waals surface area contributed by atoms with Crippen molar-refractivity contribution in [3.05, 3.63) is 44.4 Å². The summed E-state index contributed by atoms with van der Waals surface area (Å²) in [4.78, 5) is 56.7. The molecule has 0 unspecified atom stereocenters. The molecule has 7 atom stereocenters. The number of rotatable bonds is 4. The molecule has 4 aliphatic rings. The highest BCUT2D eigenvalue weighted by atomic mass is 32.2. The third kappa shape index (κ3) is 2.89. The zero-order chi connectivity index (χ0) is 23.2. The molecule has 0 spiro atoms. The summed E-state index contributed by atoms with van der Waals surface area (Å²) >= 11 is 2.87. The number of nitrogens with one attached hydrogen (secondary N) is 1. The molecule has 2 N–H and O–H groups in total. The van der Waals surface area contributed by atoms with E-state index in [0.29, 0.717) is 0 Å². The molecule has 172 valence electrons. The van der Waals surface area contributed by atoms with Crippen LogP contribution in [0, 0.1) is 29.6 Å². The Morgan fingerprint density at radius 1 is 1.12 bits per heavy atom. The van der Waals surface area contributed by atoms with Crippen LogP contribution in [0.5, 0.6) is 0 Å². The lowest BCUT2D eigenvalue weighted by molar-refractivity contribution is -0.149. The quantitative estimate of drug-likeness (QED) is 0.638. The molecule has 2 aliphatic heterocycles. The molecule has 6 rings (SSSR count). The van der Waals surface area contributed by atoms with Gasteiger partial charge in [-0.25, -0.2) is 0 Å². The van der Waals surface area contributed by atoms with E-state index in [4.69, 9.17) is 0 Å². The van der Waals surface area contributed by atoms with Crippen LogP contribution in [0.2, 0.25) is 0 Å². The van der Waals surface area contributed by atoms with Crippen LogP contribution in [0.1, 0.15) is 22.8 Å². The van der Waals surface area contributed by atoms with Gasteiger partial charge in [0.15, 0.2) is 0 Å². The number of carboxylic acids is 1. The van der Waals surface area contributed by atoms with E-state index < -0.39 is 24.3 Å². The number of aromatic amines is 1. The van der Waals surface area contributed by atoms with Crippen LogP contribution in [0.25, 0.3) is 0 Å². The number of H-pyrrole nitrogens is 1. The minimum absolute atomic E-state index is 0.00313. The number of aromatic nitrogens is 1. The maximum Gasteiger partial charge on any atom is 0.323 e. The molecule has 3 fully saturated rings. The van der Waals surface area contributed by atoms with E-state index in [-0.39, 0.29) is 45.6 Å². The second-order valence-corrected chi connectivity index (χ2v) is 11.8. The number of hydrogen-bond acceptors (Lipinski definition) is 7. The van der Waals surface area contributed by atoms with Gasteiger partial charge in [-0.3, -0.25) is 24.1 Å². The number of thiazole rings is 1. The number of aliphatic carboxylic acids is 1. The first-order valence-corrected chi connectivity index (χ1v) is 12.7. The topological polar surface area (TPSA) is 111 Å². The van der Waals surface area contributed by atoms with Gasteiger partial charge >= 0.3 is 10.8 Å². The normalized spacial score (nSPS) is 33.8. The second kappa shape index (κ2) is 7.20. The van der Waals surface area contributed by atoms with Gasteiger partial charge in [-0.05, 0) is 41.9 Å². The smallest absolute Gasteiger partial charge is 0.323 e. The van der Waals surface area contributed by atoms with Crippen LogP contribution in [-0.4, -0.2) is 58.7 Å². The molecular weight excluding hydrogens is 462 g/mol. The molecule has 2 aliphatic carbocycles. The number of likely N-dealkylation sites (tertiary alicyclic amines) is 1. The van der Waals surface area contributed by atoms with Gasteiger partial charge in [-0.2, -0.15) is 0 Å². The van der Waals surface area contributed by atoms with E-state index in [2.05, 4.69) is 29.2 Å². The number of carbonyl (C=O) groups excluding carboxylic acids is 2. The van der Waals surface area contributed by atoms with Crippen LogP contribution in [0.4, 0.5) is 5.69 Å². The third-order valence-corrected chi connectivity index (χ3v) is 10.5. The summed E-state index contributed by atoms with van der Waals surface area (Å²) in [6.45, 7) is -0.567. The SMILES string of the molecule is CN(C)c1ccc([C@H]2c3sc(=O)[nH]c3S[C@@H]3[C@H]4C[C@@H]([C@@H]5C(=O)N(CC(=O)O)C(=O)[C@@H]45)[C@@H]23)cc1. The molecule has 1 aromatic carbocycles. The maximum absolute atomic E-state index is 13.2. The minimum atomic E-state index is -1.17. The molecule has 10 heteroatoms. The highest BCUT2D eigenvalue weighted by Gasteiger charge is 2.69. The average molecular weight is 486 g/mol. The monoisotopic (exact) mass is 485 g/mol. The minimum Gasteiger partial charge on any atom is -0.480 e. The number of carboxylic acid groups (broad SMARTS) is 1. The van der Waals surface area contributed by atoms with Crippen molar-refractivity contribution in [2.75, 3.05) is 25.5 Å². The number of hydrogen-bond donors (Lipinski definition) is 2. The van der Waals surface area contributed by atoms with Crippen LogP contribution in [0.3, 0.4) is 0 Å². The number of thioether (sulfide) groups is 1.